The van der Waals surface area contributed by atoms with Gasteiger partial charge in [0.25, 0.3) is 5.91 Å². The number of rotatable bonds is 6. The molecule has 1 aromatic carbocycles. The number of carbonyl (C=O) groups excluding carboxylic acids is 1. The third kappa shape index (κ3) is 4.81. The highest BCUT2D eigenvalue weighted by molar-refractivity contribution is 5.93. The summed E-state index contributed by atoms with van der Waals surface area (Å²) in [7, 11) is 1.72. The first-order chi connectivity index (χ1) is 11.7. The lowest BCUT2D eigenvalue weighted by Gasteiger charge is -2.37. The number of piperidine rings is 1. The van der Waals surface area contributed by atoms with Crippen LogP contribution in [0, 0.1) is 5.41 Å². The van der Waals surface area contributed by atoms with Crippen LogP contribution >= 0.6 is 12.4 Å². The number of ether oxygens (including phenoxy) is 1. The summed E-state index contributed by atoms with van der Waals surface area (Å²) in [5.74, 6) is -0.0915. The van der Waals surface area contributed by atoms with Crippen LogP contribution in [0.5, 0.6) is 0 Å². The summed E-state index contributed by atoms with van der Waals surface area (Å²) in [6.45, 7) is 3.21. The predicted molar refractivity (Wildman–Crippen MR) is 99.6 cm³/mol. The van der Waals surface area contributed by atoms with Crippen molar-refractivity contribution in [2.24, 2.45) is 5.41 Å². The minimum Gasteiger partial charge on any atom is -0.384 e. The first kappa shape index (κ1) is 19.4. The molecule has 0 unspecified atom stereocenters. The predicted octanol–water partition coefficient (Wildman–Crippen LogP) is 2.04. The fourth-order valence-electron chi connectivity index (χ4n) is 3.17. The lowest BCUT2D eigenvalue weighted by atomic mass is 9.79. The van der Waals surface area contributed by atoms with E-state index in [-0.39, 0.29) is 23.7 Å². The average molecular weight is 365 g/mol. The lowest BCUT2D eigenvalue weighted by molar-refractivity contribution is 0.0512. The molecule has 0 atom stereocenters. The standard InChI is InChI=1S/C18H24N4O2.ClH/c1-24-14-18(7-9-19-10-8-18)13-20-17(23)15-11-21-22(12-15)16-5-3-2-4-6-16;/h2-6,11-12,19H,7-10,13-14H2,1H3,(H,20,23);1H. The van der Waals surface area contributed by atoms with Crippen LogP contribution in [0.3, 0.4) is 0 Å². The van der Waals surface area contributed by atoms with Crippen molar-refractivity contribution in [2.45, 2.75) is 12.8 Å². The molecule has 0 spiro atoms. The number of methoxy groups -OCH3 is 1. The van der Waals surface area contributed by atoms with Crippen LogP contribution in [0.15, 0.2) is 42.7 Å². The van der Waals surface area contributed by atoms with Gasteiger partial charge in [-0.1, -0.05) is 18.2 Å². The Hall–Kier alpha value is -1.89. The Balaban J connectivity index is 0.00000225. The normalized spacial score (nSPS) is 16.0. The fraction of sp³-hybridized carbons (Fsp3) is 0.444. The first-order valence-electron chi connectivity index (χ1n) is 8.30. The molecule has 2 aromatic rings. The Morgan fingerprint density at radius 1 is 1.32 bits per heavy atom. The van der Waals surface area contributed by atoms with Gasteiger partial charge in [0.05, 0.1) is 24.1 Å². The monoisotopic (exact) mass is 364 g/mol. The summed E-state index contributed by atoms with van der Waals surface area (Å²) in [5, 5.41) is 10.7. The van der Waals surface area contributed by atoms with E-state index in [1.807, 2.05) is 30.3 Å². The second-order valence-corrected chi connectivity index (χ2v) is 6.37. The van der Waals surface area contributed by atoms with E-state index in [4.69, 9.17) is 4.74 Å². The number of nitrogens with one attached hydrogen (secondary N) is 2. The van der Waals surface area contributed by atoms with E-state index in [1.54, 1.807) is 24.2 Å². The molecule has 6 nitrogen and oxygen atoms in total. The molecular weight excluding hydrogens is 340 g/mol. The van der Waals surface area contributed by atoms with Crippen LogP contribution in [0.25, 0.3) is 5.69 Å². The Kier molecular flexibility index (Phi) is 6.99. The van der Waals surface area contributed by atoms with Crippen molar-refractivity contribution in [3.63, 3.8) is 0 Å². The molecule has 25 heavy (non-hydrogen) atoms. The van der Waals surface area contributed by atoms with E-state index in [1.165, 1.54) is 0 Å². The Morgan fingerprint density at radius 2 is 2.04 bits per heavy atom. The summed E-state index contributed by atoms with van der Waals surface area (Å²) in [6, 6.07) is 9.76. The van der Waals surface area contributed by atoms with Crippen LogP contribution in [0.1, 0.15) is 23.2 Å². The van der Waals surface area contributed by atoms with E-state index in [0.29, 0.717) is 18.7 Å². The lowest BCUT2D eigenvalue weighted by Crippen LogP contribution is -2.47. The summed E-state index contributed by atoms with van der Waals surface area (Å²) >= 11 is 0. The highest BCUT2D eigenvalue weighted by Gasteiger charge is 2.32. The SMILES string of the molecule is COCC1(CNC(=O)c2cnn(-c3ccccc3)c2)CCNCC1.Cl. The van der Waals surface area contributed by atoms with Crippen LogP contribution in [-0.4, -0.2) is 49.0 Å². The number of benzene rings is 1. The van der Waals surface area contributed by atoms with Gasteiger partial charge in [-0.15, -0.1) is 12.4 Å². The van der Waals surface area contributed by atoms with Crippen molar-refractivity contribution in [2.75, 3.05) is 33.4 Å². The van der Waals surface area contributed by atoms with Crippen molar-refractivity contribution in [3.05, 3.63) is 48.3 Å². The van der Waals surface area contributed by atoms with Gasteiger partial charge >= 0.3 is 0 Å². The van der Waals surface area contributed by atoms with Crippen molar-refractivity contribution < 1.29 is 9.53 Å². The van der Waals surface area contributed by atoms with Crippen molar-refractivity contribution in [1.29, 1.82) is 0 Å². The van der Waals surface area contributed by atoms with Gasteiger partial charge in [0.15, 0.2) is 0 Å². The molecule has 2 N–H and O–H groups in total. The van der Waals surface area contributed by atoms with Gasteiger partial charge in [0, 0.05) is 25.3 Å². The van der Waals surface area contributed by atoms with Crippen molar-refractivity contribution >= 4 is 18.3 Å². The maximum absolute atomic E-state index is 12.5. The third-order valence-corrected chi connectivity index (χ3v) is 4.60. The summed E-state index contributed by atoms with van der Waals surface area (Å²) in [5.41, 5.74) is 1.52. The number of halogens is 1. The number of hydrogen-bond acceptors (Lipinski definition) is 4. The van der Waals surface area contributed by atoms with Gasteiger partial charge < -0.3 is 15.4 Å². The summed E-state index contributed by atoms with van der Waals surface area (Å²) in [6.07, 6.45) is 5.37. The molecule has 1 aliphatic rings. The number of carbonyl (C=O) groups is 1. The number of amides is 1. The highest BCUT2D eigenvalue weighted by atomic mass is 35.5. The molecule has 1 aromatic heterocycles. The van der Waals surface area contributed by atoms with Crippen molar-refractivity contribution in [3.8, 4) is 5.69 Å². The topological polar surface area (TPSA) is 68.2 Å². The second kappa shape index (κ2) is 8.99. The van der Waals surface area contributed by atoms with Gasteiger partial charge in [-0.3, -0.25) is 4.79 Å². The quantitative estimate of drug-likeness (QED) is 0.823. The van der Waals surface area contributed by atoms with Gasteiger partial charge in [-0.2, -0.15) is 5.10 Å². The van der Waals surface area contributed by atoms with Crippen LogP contribution in [0.2, 0.25) is 0 Å². The number of aromatic nitrogens is 2. The minimum atomic E-state index is -0.0915. The van der Waals surface area contributed by atoms with Gasteiger partial charge in [0.1, 0.15) is 0 Å². The van der Waals surface area contributed by atoms with E-state index >= 15 is 0 Å². The maximum atomic E-state index is 12.5. The summed E-state index contributed by atoms with van der Waals surface area (Å²) in [4.78, 5) is 12.5. The minimum absolute atomic E-state index is 0. The van der Waals surface area contributed by atoms with Crippen LogP contribution in [-0.2, 0) is 4.74 Å². The van der Waals surface area contributed by atoms with Crippen LogP contribution < -0.4 is 10.6 Å². The number of nitrogens with zero attached hydrogens (tertiary/aromatic N) is 2. The zero-order valence-corrected chi connectivity index (χ0v) is 15.2. The average Bonchev–Trinajstić information content (AvgIpc) is 3.12. The Morgan fingerprint density at radius 3 is 2.72 bits per heavy atom. The van der Waals surface area contributed by atoms with E-state index < -0.39 is 0 Å². The maximum Gasteiger partial charge on any atom is 0.254 e. The molecule has 1 saturated heterocycles. The molecule has 2 heterocycles. The first-order valence-corrected chi connectivity index (χ1v) is 8.30. The third-order valence-electron chi connectivity index (χ3n) is 4.60. The molecule has 0 radical (unpaired) electrons. The molecule has 136 valence electrons. The van der Waals surface area contributed by atoms with E-state index in [0.717, 1.165) is 31.6 Å². The fourth-order valence-corrected chi connectivity index (χ4v) is 3.17. The molecular formula is C18H25ClN4O2. The molecule has 0 saturated carbocycles. The van der Waals surface area contributed by atoms with Gasteiger partial charge in [0.2, 0.25) is 0 Å². The second-order valence-electron chi connectivity index (χ2n) is 6.37. The molecule has 7 heteroatoms. The van der Waals surface area contributed by atoms with Gasteiger partial charge in [-0.05, 0) is 38.1 Å². The number of hydrogen-bond donors (Lipinski definition) is 2. The highest BCUT2D eigenvalue weighted by Crippen LogP contribution is 2.28. The van der Waals surface area contributed by atoms with Gasteiger partial charge in [-0.25, -0.2) is 4.68 Å². The molecule has 1 aliphatic heterocycles. The molecule has 0 aliphatic carbocycles. The molecule has 0 bridgehead atoms. The molecule has 1 fully saturated rings. The Labute approximate surface area is 154 Å². The summed E-state index contributed by atoms with van der Waals surface area (Å²) < 4.78 is 7.10. The Bertz CT molecular complexity index is 663. The zero-order valence-electron chi connectivity index (χ0n) is 14.4. The molecule has 3 rings (SSSR count). The zero-order chi connectivity index (χ0) is 16.8. The smallest absolute Gasteiger partial charge is 0.254 e. The van der Waals surface area contributed by atoms with E-state index in [9.17, 15) is 4.79 Å². The van der Waals surface area contributed by atoms with Crippen LogP contribution in [0.4, 0.5) is 0 Å². The largest absolute Gasteiger partial charge is 0.384 e. The number of para-hydroxylation sites is 1. The van der Waals surface area contributed by atoms with E-state index in [2.05, 4.69) is 15.7 Å². The molecule has 1 amide bonds. The van der Waals surface area contributed by atoms with Crippen molar-refractivity contribution in [1.82, 2.24) is 20.4 Å².